The largest absolute Gasteiger partial charge is 0.338 e. The van der Waals surface area contributed by atoms with Gasteiger partial charge in [-0.2, -0.15) is 0 Å². The highest BCUT2D eigenvalue weighted by Crippen LogP contribution is 2.24. The number of rotatable bonds is 4. The van der Waals surface area contributed by atoms with Gasteiger partial charge in [-0.3, -0.25) is 9.59 Å². The number of aryl methyl sites for hydroxylation is 1. The summed E-state index contributed by atoms with van der Waals surface area (Å²) in [7, 11) is 1.67. The van der Waals surface area contributed by atoms with Gasteiger partial charge in [-0.25, -0.2) is 8.78 Å². The Morgan fingerprint density at radius 1 is 1.21 bits per heavy atom. The monoisotopic (exact) mass is 388 g/mol. The van der Waals surface area contributed by atoms with Crippen molar-refractivity contribution in [3.63, 3.8) is 0 Å². The van der Waals surface area contributed by atoms with Crippen LogP contribution in [0.2, 0.25) is 0 Å². The van der Waals surface area contributed by atoms with Crippen molar-refractivity contribution in [3.05, 3.63) is 68.6 Å². The Morgan fingerprint density at radius 3 is 2.57 bits per heavy atom. The molecule has 0 bridgehead atoms. The van der Waals surface area contributed by atoms with Gasteiger partial charge >= 0.3 is 0 Å². The zero-order chi connectivity index (χ0) is 20.4. The van der Waals surface area contributed by atoms with Crippen LogP contribution in [0, 0.1) is 31.4 Å². The molecule has 150 valence electrons. The van der Waals surface area contributed by atoms with Crippen LogP contribution in [0.15, 0.2) is 29.1 Å². The van der Waals surface area contributed by atoms with Crippen LogP contribution in [-0.2, 0) is 13.5 Å². The highest BCUT2D eigenvalue weighted by Gasteiger charge is 2.27. The summed E-state index contributed by atoms with van der Waals surface area (Å²) in [6.07, 6.45) is 2.63. The van der Waals surface area contributed by atoms with Crippen LogP contribution in [-0.4, -0.2) is 28.5 Å². The van der Waals surface area contributed by atoms with E-state index in [1.807, 2.05) is 13.8 Å². The number of likely N-dealkylation sites (tertiary alicyclic amines) is 1. The lowest BCUT2D eigenvalue weighted by Gasteiger charge is -2.33. The van der Waals surface area contributed by atoms with E-state index in [1.54, 1.807) is 18.0 Å². The van der Waals surface area contributed by atoms with Crippen molar-refractivity contribution in [1.29, 1.82) is 0 Å². The molecule has 1 aromatic heterocycles. The number of benzene rings is 1. The molecular weight excluding hydrogens is 362 g/mol. The average molecular weight is 388 g/mol. The lowest BCUT2D eigenvalue weighted by Crippen LogP contribution is -2.42. The molecule has 0 unspecified atom stereocenters. The lowest BCUT2D eigenvalue weighted by molar-refractivity contribution is 0.0665. The summed E-state index contributed by atoms with van der Waals surface area (Å²) < 4.78 is 29.2. The number of amides is 1. The van der Waals surface area contributed by atoms with Crippen LogP contribution in [0.5, 0.6) is 0 Å². The highest BCUT2D eigenvalue weighted by molar-refractivity contribution is 5.94. The first kappa shape index (κ1) is 20.2. The Balaban J connectivity index is 1.71. The summed E-state index contributed by atoms with van der Waals surface area (Å²) in [6, 6.07) is 5.56. The predicted octanol–water partition coefficient (Wildman–Crippen LogP) is 3.77. The lowest BCUT2D eigenvalue weighted by atomic mass is 9.91. The van der Waals surface area contributed by atoms with Crippen molar-refractivity contribution in [3.8, 4) is 0 Å². The number of carbonyl (C=O) groups excluding carboxylic acids is 1. The molecule has 0 radical (unpaired) electrons. The first-order valence-electron chi connectivity index (χ1n) is 9.69. The topological polar surface area (TPSA) is 42.3 Å². The van der Waals surface area contributed by atoms with Crippen LogP contribution in [0.3, 0.4) is 0 Å². The second kappa shape index (κ2) is 8.25. The molecule has 2 heterocycles. The minimum Gasteiger partial charge on any atom is -0.338 e. The molecule has 0 N–H and O–H groups in total. The number of hydrogen-bond acceptors (Lipinski definition) is 2. The van der Waals surface area contributed by atoms with Crippen molar-refractivity contribution in [1.82, 2.24) is 9.47 Å². The van der Waals surface area contributed by atoms with Gasteiger partial charge in [0.2, 0.25) is 0 Å². The fourth-order valence-electron chi connectivity index (χ4n) is 3.91. The number of piperidine rings is 1. The van der Waals surface area contributed by atoms with E-state index in [2.05, 4.69) is 0 Å². The third-order valence-electron chi connectivity index (χ3n) is 5.87. The van der Waals surface area contributed by atoms with E-state index in [0.717, 1.165) is 24.1 Å². The molecule has 1 saturated heterocycles. The second-order valence-electron chi connectivity index (χ2n) is 7.69. The zero-order valence-electron chi connectivity index (χ0n) is 16.6. The minimum absolute atomic E-state index is 0.106. The summed E-state index contributed by atoms with van der Waals surface area (Å²) in [5.74, 6) is -1.15. The van der Waals surface area contributed by atoms with E-state index >= 15 is 0 Å². The molecule has 1 aliphatic heterocycles. The second-order valence-corrected chi connectivity index (χ2v) is 7.69. The van der Waals surface area contributed by atoms with Crippen LogP contribution in [0.25, 0.3) is 0 Å². The van der Waals surface area contributed by atoms with Gasteiger partial charge in [0.15, 0.2) is 0 Å². The average Bonchev–Trinajstić information content (AvgIpc) is 2.68. The third kappa shape index (κ3) is 4.01. The van der Waals surface area contributed by atoms with E-state index in [0.29, 0.717) is 25.9 Å². The maximum Gasteiger partial charge on any atom is 0.263 e. The Bertz CT molecular complexity index is 932. The van der Waals surface area contributed by atoms with Crippen LogP contribution in [0.1, 0.15) is 46.4 Å². The van der Waals surface area contributed by atoms with E-state index in [-0.39, 0.29) is 28.5 Å². The Kier molecular flexibility index (Phi) is 5.96. The van der Waals surface area contributed by atoms with Gasteiger partial charge in [0.25, 0.3) is 11.5 Å². The number of pyridine rings is 1. The predicted molar refractivity (Wildman–Crippen MR) is 104 cm³/mol. The standard InChI is InChI=1S/C22H26F2N2O2/c1-14-12-18(21(27)25(3)15(14)2)22(28)26-11-5-6-16(13-26)9-10-17-19(23)7-4-8-20(17)24/h4,7-8,12,16H,5-6,9-11,13H2,1-3H3/t16-/m0/s1. The molecule has 3 rings (SSSR count). The van der Waals surface area contributed by atoms with Crippen molar-refractivity contribution in [2.24, 2.45) is 13.0 Å². The maximum atomic E-state index is 13.8. The molecule has 6 heteroatoms. The van der Waals surface area contributed by atoms with Crippen molar-refractivity contribution in [2.75, 3.05) is 13.1 Å². The van der Waals surface area contributed by atoms with Gasteiger partial charge < -0.3 is 9.47 Å². The SMILES string of the molecule is Cc1cc(C(=O)N2CCC[C@@H](CCc3c(F)cccc3F)C2)c(=O)n(C)c1C. The molecule has 28 heavy (non-hydrogen) atoms. The first-order valence-corrected chi connectivity index (χ1v) is 9.69. The molecule has 0 aliphatic carbocycles. The van der Waals surface area contributed by atoms with Crippen molar-refractivity contribution < 1.29 is 13.6 Å². The third-order valence-corrected chi connectivity index (χ3v) is 5.87. The van der Waals surface area contributed by atoms with E-state index in [9.17, 15) is 18.4 Å². The van der Waals surface area contributed by atoms with Gasteiger partial charge in [0.1, 0.15) is 17.2 Å². The number of hydrogen-bond donors (Lipinski definition) is 0. The smallest absolute Gasteiger partial charge is 0.263 e. The molecule has 1 aromatic carbocycles. The summed E-state index contributed by atoms with van der Waals surface area (Å²) >= 11 is 0. The summed E-state index contributed by atoms with van der Waals surface area (Å²) in [4.78, 5) is 27.2. The van der Waals surface area contributed by atoms with Gasteiger partial charge in [-0.15, -0.1) is 0 Å². The molecule has 1 atom stereocenters. The molecule has 1 fully saturated rings. The van der Waals surface area contributed by atoms with Crippen LogP contribution < -0.4 is 5.56 Å². The Labute approximate surface area is 163 Å². The van der Waals surface area contributed by atoms with E-state index < -0.39 is 11.6 Å². The van der Waals surface area contributed by atoms with Crippen molar-refractivity contribution in [2.45, 2.75) is 39.5 Å². The first-order chi connectivity index (χ1) is 13.3. The molecule has 1 aliphatic rings. The molecule has 1 amide bonds. The molecular formula is C22H26F2N2O2. The maximum absolute atomic E-state index is 13.8. The highest BCUT2D eigenvalue weighted by atomic mass is 19.1. The fourth-order valence-corrected chi connectivity index (χ4v) is 3.91. The minimum atomic E-state index is -0.526. The number of aromatic nitrogens is 1. The fraction of sp³-hybridized carbons (Fsp3) is 0.455. The van der Waals surface area contributed by atoms with Gasteiger partial charge in [-0.05, 0) is 69.2 Å². The summed E-state index contributed by atoms with van der Waals surface area (Å²) in [5.41, 5.74) is 1.74. The molecule has 0 spiro atoms. The van der Waals surface area contributed by atoms with Gasteiger partial charge in [0, 0.05) is 31.4 Å². The van der Waals surface area contributed by atoms with E-state index in [4.69, 9.17) is 0 Å². The molecule has 4 nitrogen and oxygen atoms in total. The normalized spacial score (nSPS) is 17.0. The Morgan fingerprint density at radius 2 is 1.89 bits per heavy atom. The number of carbonyl (C=O) groups is 1. The zero-order valence-corrected chi connectivity index (χ0v) is 16.6. The Hall–Kier alpha value is -2.50. The quantitative estimate of drug-likeness (QED) is 0.800. The van der Waals surface area contributed by atoms with E-state index in [1.165, 1.54) is 22.8 Å². The molecule has 2 aromatic rings. The van der Waals surface area contributed by atoms with Crippen LogP contribution in [0.4, 0.5) is 8.78 Å². The van der Waals surface area contributed by atoms with Gasteiger partial charge in [0.05, 0.1) is 0 Å². The van der Waals surface area contributed by atoms with Crippen LogP contribution >= 0.6 is 0 Å². The van der Waals surface area contributed by atoms with Gasteiger partial charge in [-0.1, -0.05) is 6.07 Å². The molecule has 0 saturated carbocycles. The summed E-state index contributed by atoms with van der Waals surface area (Å²) in [5, 5.41) is 0. The van der Waals surface area contributed by atoms with Crippen molar-refractivity contribution >= 4 is 5.91 Å². The number of halogens is 2. The number of nitrogens with zero attached hydrogens (tertiary/aromatic N) is 2. The summed E-state index contributed by atoms with van der Waals surface area (Å²) in [6.45, 7) is 4.84.